The Hall–Kier alpha value is -0.620. The number of thioether (sulfide) groups is 1. The third-order valence-electron chi connectivity index (χ3n) is 3.21. The smallest absolute Gasteiger partial charge is 0.209 e. The second-order valence-electron chi connectivity index (χ2n) is 5.07. The lowest BCUT2D eigenvalue weighted by Gasteiger charge is -2.31. The zero-order chi connectivity index (χ0) is 12.3. The van der Waals surface area contributed by atoms with Gasteiger partial charge in [-0.15, -0.1) is 5.10 Å². The van der Waals surface area contributed by atoms with E-state index in [0.717, 1.165) is 30.8 Å². The molecule has 0 unspecified atom stereocenters. The molecule has 2 rings (SSSR count). The first-order valence-corrected chi connectivity index (χ1v) is 7.22. The maximum absolute atomic E-state index is 10.4. The molecule has 1 heterocycles. The fourth-order valence-corrected chi connectivity index (χ4v) is 3.32. The van der Waals surface area contributed by atoms with Crippen molar-refractivity contribution in [3.05, 3.63) is 0 Å². The molecule has 5 nitrogen and oxygen atoms in total. The molecule has 1 aliphatic rings. The molecule has 0 amide bonds. The lowest BCUT2D eigenvalue weighted by molar-refractivity contribution is 0.0272. The molecule has 96 valence electrons. The SMILES string of the molecule is CC(C)n1nnnc1SCC1(O)CCCCC1. The number of aliphatic hydroxyl groups is 1. The summed E-state index contributed by atoms with van der Waals surface area (Å²) in [5, 5.41) is 22.9. The Morgan fingerprint density at radius 1 is 1.35 bits per heavy atom. The van der Waals surface area contributed by atoms with Crippen molar-refractivity contribution in [3.63, 3.8) is 0 Å². The van der Waals surface area contributed by atoms with Crippen LogP contribution >= 0.6 is 11.8 Å². The number of aromatic nitrogens is 4. The maximum Gasteiger partial charge on any atom is 0.209 e. The lowest BCUT2D eigenvalue weighted by atomic mass is 9.86. The number of nitrogens with zero attached hydrogens (tertiary/aromatic N) is 4. The van der Waals surface area contributed by atoms with Gasteiger partial charge in [0.2, 0.25) is 5.16 Å². The summed E-state index contributed by atoms with van der Waals surface area (Å²) in [4.78, 5) is 0. The Morgan fingerprint density at radius 2 is 2.06 bits per heavy atom. The van der Waals surface area contributed by atoms with Crippen molar-refractivity contribution < 1.29 is 5.11 Å². The molecule has 1 aromatic heterocycles. The quantitative estimate of drug-likeness (QED) is 0.835. The minimum Gasteiger partial charge on any atom is -0.389 e. The van der Waals surface area contributed by atoms with E-state index in [1.165, 1.54) is 6.42 Å². The van der Waals surface area contributed by atoms with E-state index >= 15 is 0 Å². The fraction of sp³-hybridized carbons (Fsp3) is 0.909. The van der Waals surface area contributed by atoms with Crippen LogP contribution in [-0.2, 0) is 0 Å². The molecule has 0 saturated heterocycles. The molecular weight excluding hydrogens is 236 g/mol. The van der Waals surface area contributed by atoms with Gasteiger partial charge in [0.15, 0.2) is 0 Å². The maximum atomic E-state index is 10.4. The normalized spacial score (nSPS) is 19.8. The third kappa shape index (κ3) is 3.19. The number of tetrazole rings is 1. The minimum atomic E-state index is -0.517. The lowest BCUT2D eigenvalue weighted by Crippen LogP contribution is -2.34. The summed E-state index contributed by atoms with van der Waals surface area (Å²) in [7, 11) is 0. The van der Waals surface area contributed by atoms with Crippen LogP contribution < -0.4 is 0 Å². The van der Waals surface area contributed by atoms with Crippen LogP contribution in [0.15, 0.2) is 5.16 Å². The molecular formula is C11H20N4OS. The van der Waals surface area contributed by atoms with E-state index in [1.807, 2.05) is 0 Å². The highest BCUT2D eigenvalue weighted by Crippen LogP contribution is 2.33. The van der Waals surface area contributed by atoms with Gasteiger partial charge >= 0.3 is 0 Å². The van der Waals surface area contributed by atoms with Gasteiger partial charge in [-0.05, 0) is 37.1 Å². The number of hydrogen-bond donors (Lipinski definition) is 1. The molecule has 0 bridgehead atoms. The van der Waals surface area contributed by atoms with Crippen LogP contribution in [0.25, 0.3) is 0 Å². The van der Waals surface area contributed by atoms with E-state index < -0.39 is 5.60 Å². The Morgan fingerprint density at radius 3 is 2.71 bits per heavy atom. The summed E-state index contributed by atoms with van der Waals surface area (Å²) in [6.07, 6.45) is 5.32. The Bertz CT molecular complexity index is 360. The average molecular weight is 256 g/mol. The zero-order valence-corrected chi connectivity index (χ0v) is 11.3. The molecule has 0 aliphatic heterocycles. The van der Waals surface area contributed by atoms with Crippen molar-refractivity contribution >= 4 is 11.8 Å². The van der Waals surface area contributed by atoms with Crippen LogP contribution in [0, 0.1) is 0 Å². The number of hydrogen-bond acceptors (Lipinski definition) is 5. The fourth-order valence-electron chi connectivity index (χ4n) is 2.16. The van der Waals surface area contributed by atoms with Gasteiger partial charge < -0.3 is 5.11 Å². The summed E-state index contributed by atoms with van der Waals surface area (Å²) < 4.78 is 1.80. The van der Waals surface area contributed by atoms with Crippen molar-refractivity contribution in [2.45, 2.75) is 62.8 Å². The Kier molecular flexibility index (Phi) is 4.04. The zero-order valence-electron chi connectivity index (χ0n) is 10.5. The van der Waals surface area contributed by atoms with Gasteiger partial charge in [-0.25, -0.2) is 4.68 Å². The average Bonchev–Trinajstić information content (AvgIpc) is 2.76. The minimum absolute atomic E-state index is 0.258. The molecule has 1 N–H and O–H groups in total. The van der Waals surface area contributed by atoms with Crippen LogP contribution in [-0.4, -0.2) is 36.7 Å². The Balaban J connectivity index is 1.94. The van der Waals surface area contributed by atoms with Crippen molar-refractivity contribution in [2.75, 3.05) is 5.75 Å². The standard InChI is InChI=1S/C11H20N4OS/c1-9(2)15-10(12-13-14-15)17-8-11(16)6-4-3-5-7-11/h9,16H,3-8H2,1-2H3. The molecule has 17 heavy (non-hydrogen) atoms. The highest BCUT2D eigenvalue weighted by atomic mass is 32.2. The van der Waals surface area contributed by atoms with Crippen molar-refractivity contribution in [2.24, 2.45) is 0 Å². The second kappa shape index (κ2) is 5.35. The highest BCUT2D eigenvalue weighted by molar-refractivity contribution is 7.99. The molecule has 0 spiro atoms. The molecule has 0 aromatic carbocycles. The van der Waals surface area contributed by atoms with Gasteiger partial charge in [-0.3, -0.25) is 0 Å². The molecule has 1 saturated carbocycles. The van der Waals surface area contributed by atoms with Crippen molar-refractivity contribution in [1.82, 2.24) is 20.2 Å². The van der Waals surface area contributed by atoms with Crippen LogP contribution in [0.5, 0.6) is 0 Å². The first kappa shape index (κ1) is 12.8. The van der Waals surface area contributed by atoms with E-state index in [-0.39, 0.29) is 6.04 Å². The molecule has 1 aromatic rings. The summed E-state index contributed by atoms with van der Waals surface area (Å²) in [6.45, 7) is 4.10. The summed E-state index contributed by atoms with van der Waals surface area (Å²) >= 11 is 1.56. The van der Waals surface area contributed by atoms with E-state index in [9.17, 15) is 5.11 Å². The second-order valence-corrected chi connectivity index (χ2v) is 6.02. The predicted molar refractivity (Wildman–Crippen MR) is 67.0 cm³/mol. The molecule has 1 fully saturated rings. The van der Waals surface area contributed by atoms with Gasteiger partial charge in [0.25, 0.3) is 0 Å². The first-order valence-electron chi connectivity index (χ1n) is 6.24. The predicted octanol–water partition coefficient (Wildman–Crippen LogP) is 2.04. The third-order valence-corrected chi connectivity index (χ3v) is 4.41. The van der Waals surface area contributed by atoms with Crippen molar-refractivity contribution in [3.8, 4) is 0 Å². The Labute approximate surface area is 106 Å². The van der Waals surface area contributed by atoms with Gasteiger partial charge in [-0.2, -0.15) is 0 Å². The van der Waals surface area contributed by atoms with E-state index in [4.69, 9.17) is 0 Å². The summed E-state index contributed by atoms with van der Waals surface area (Å²) in [5.41, 5.74) is -0.517. The molecule has 0 atom stereocenters. The summed E-state index contributed by atoms with van der Waals surface area (Å²) in [5.74, 6) is 0.695. The van der Waals surface area contributed by atoms with Crippen LogP contribution in [0.4, 0.5) is 0 Å². The monoisotopic (exact) mass is 256 g/mol. The first-order chi connectivity index (χ1) is 8.11. The van der Waals surface area contributed by atoms with Gasteiger partial charge in [-0.1, -0.05) is 31.0 Å². The molecule has 6 heteroatoms. The molecule has 0 radical (unpaired) electrons. The van der Waals surface area contributed by atoms with Crippen LogP contribution in [0.3, 0.4) is 0 Å². The van der Waals surface area contributed by atoms with E-state index in [1.54, 1.807) is 16.4 Å². The van der Waals surface area contributed by atoms with Crippen LogP contribution in [0.1, 0.15) is 52.0 Å². The highest BCUT2D eigenvalue weighted by Gasteiger charge is 2.30. The summed E-state index contributed by atoms with van der Waals surface area (Å²) in [6, 6.07) is 0.258. The van der Waals surface area contributed by atoms with Crippen molar-refractivity contribution in [1.29, 1.82) is 0 Å². The number of rotatable bonds is 4. The van der Waals surface area contributed by atoms with Crippen LogP contribution in [0.2, 0.25) is 0 Å². The molecule has 1 aliphatic carbocycles. The topological polar surface area (TPSA) is 63.8 Å². The van der Waals surface area contributed by atoms with Gasteiger partial charge in [0.1, 0.15) is 0 Å². The van der Waals surface area contributed by atoms with Gasteiger partial charge in [0, 0.05) is 5.75 Å². The van der Waals surface area contributed by atoms with E-state index in [0.29, 0.717) is 5.75 Å². The van der Waals surface area contributed by atoms with Gasteiger partial charge in [0.05, 0.1) is 11.6 Å². The largest absolute Gasteiger partial charge is 0.389 e. The van der Waals surface area contributed by atoms with E-state index in [2.05, 4.69) is 29.4 Å².